The van der Waals surface area contributed by atoms with Gasteiger partial charge in [0, 0.05) is 17.2 Å². The van der Waals surface area contributed by atoms with Gasteiger partial charge in [-0.05, 0) is 31.6 Å². The minimum atomic E-state index is -0.398. The fraction of sp³-hybridized carbons (Fsp3) is 0.722. The van der Waals surface area contributed by atoms with Crippen LogP contribution in [0.5, 0.6) is 0 Å². The number of thiazole rings is 1. The zero-order chi connectivity index (χ0) is 18.6. The molecule has 0 aromatic carbocycles. The maximum Gasteiger partial charge on any atom is 0.284 e. The molecule has 0 spiro atoms. The Morgan fingerprint density at radius 1 is 1.28 bits per heavy atom. The molecule has 25 heavy (non-hydrogen) atoms. The lowest BCUT2D eigenvalue weighted by atomic mass is 10.0. The van der Waals surface area contributed by atoms with Gasteiger partial charge in [-0.25, -0.2) is 4.98 Å². The van der Waals surface area contributed by atoms with Crippen molar-refractivity contribution < 1.29 is 9.59 Å². The standard InChI is InChI=1S/C18H29N3O2S2/c1-11(2)6-7-13(5)19-16(22)15-9-24-10-21(15)18(23)17-20-14(8-25-17)12(3)4/h8,11-13,15H,6-7,9-10H2,1-5H3,(H,19,22). The van der Waals surface area contributed by atoms with Crippen LogP contribution in [0.2, 0.25) is 0 Å². The van der Waals surface area contributed by atoms with Crippen molar-refractivity contribution in [2.75, 3.05) is 11.6 Å². The second-order valence-corrected chi connectivity index (χ2v) is 9.26. The third kappa shape index (κ3) is 5.45. The first kappa shape index (κ1) is 20.2. The average Bonchev–Trinajstić information content (AvgIpc) is 3.21. The van der Waals surface area contributed by atoms with Gasteiger partial charge in [-0.15, -0.1) is 23.1 Å². The summed E-state index contributed by atoms with van der Waals surface area (Å²) in [5.41, 5.74) is 0.934. The second kappa shape index (κ2) is 9.03. The summed E-state index contributed by atoms with van der Waals surface area (Å²) >= 11 is 2.99. The number of nitrogens with zero attached hydrogens (tertiary/aromatic N) is 2. The predicted octanol–water partition coefficient (Wildman–Crippen LogP) is 3.72. The SMILES string of the molecule is CC(C)CCC(C)NC(=O)C1CSCN1C(=O)c1nc(C(C)C)cs1. The quantitative estimate of drug-likeness (QED) is 0.779. The lowest BCUT2D eigenvalue weighted by Crippen LogP contribution is -2.49. The van der Waals surface area contributed by atoms with Gasteiger partial charge in [0.05, 0.1) is 11.6 Å². The summed E-state index contributed by atoms with van der Waals surface area (Å²) in [6.07, 6.45) is 2.04. The minimum Gasteiger partial charge on any atom is -0.352 e. The monoisotopic (exact) mass is 383 g/mol. The Morgan fingerprint density at radius 3 is 2.60 bits per heavy atom. The van der Waals surface area contributed by atoms with Gasteiger partial charge >= 0.3 is 0 Å². The third-order valence-electron chi connectivity index (χ3n) is 4.31. The predicted molar refractivity (Wildman–Crippen MR) is 105 cm³/mol. The largest absolute Gasteiger partial charge is 0.352 e. The highest BCUT2D eigenvalue weighted by Gasteiger charge is 2.36. The molecule has 1 aromatic rings. The van der Waals surface area contributed by atoms with Crippen LogP contribution in [-0.4, -0.2) is 45.4 Å². The Hall–Kier alpha value is -1.08. The Balaban J connectivity index is 1.98. The lowest BCUT2D eigenvalue weighted by molar-refractivity contribution is -0.125. The molecule has 1 saturated heterocycles. The zero-order valence-electron chi connectivity index (χ0n) is 15.7. The summed E-state index contributed by atoms with van der Waals surface area (Å²) in [4.78, 5) is 31.5. The molecule has 5 nitrogen and oxygen atoms in total. The smallest absolute Gasteiger partial charge is 0.284 e. The summed E-state index contributed by atoms with van der Waals surface area (Å²) in [7, 11) is 0. The van der Waals surface area contributed by atoms with Crippen molar-refractivity contribution >= 4 is 34.9 Å². The average molecular weight is 384 g/mol. The van der Waals surface area contributed by atoms with Gasteiger partial charge in [0.25, 0.3) is 5.91 Å². The minimum absolute atomic E-state index is 0.0461. The Labute approximate surface area is 159 Å². The normalized spacial score (nSPS) is 18.8. The molecule has 1 aromatic heterocycles. The van der Waals surface area contributed by atoms with Crippen LogP contribution in [-0.2, 0) is 4.79 Å². The first-order chi connectivity index (χ1) is 11.8. The van der Waals surface area contributed by atoms with Gasteiger partial charge in [-0.3, -0.25) is 9.59 Å². The van der Waals surface area contributed by atoms with Crippen molar-refractivity contribution in [2.24, 2.45) is 5.92 Å². The van der Waals surface area contributed by atoms with Crippen LogP contribution in [0.1, 0.15) is 68.9 Å². The molecule has 7 heteroatoms. The summed E-state index contributed by atoms with van der Waals surface area (Å²) in [5.74, 6) is 1.95. The first-order valence-corrected chi connectivity index (χ1v) is 11.0. The topological polar surface area (TPSA) is 62.3 Å². The number of aromatic nitrogens is 1. The fourth-order valence-corrected chi connectivity index (χ4v) is 4.71. The molecular weight excluding hydrogens is 354 g/mol. The van der Waals surface area contributed by atoms with E-state index in [-0.39, 0.29) is 17.9 Å². The van der Waals surface area contributed by atoms with Crippen LogP contribution < -0.4 is 5.32 Å². The van der Waals surface area contributed by atoms with Crippen molar-refractivity contribution in [2.45, 2.75) is 65.5 Å². The number of amides is 2. The third-order valence-corrected chi connectivity index (χ3v) is 6.17. The van der Waals surface area contributed by atoms with E-state index in [0.717, 1.165) is 18.5 Å². The van der Waals surface area contributed by atoms with Crippen molar-refractivity contribution in [1.29, 1.82) is 0 Å². The summed E-state index contributed by atoms with van der Waals surface area (Å²) in [6.45, 7) is 10.5. The molecule has 0 aliphatic carbocycles. The molecule has 2 unspecified atom stereocenters. The summed E-state index contributed by atoms with van der Waals surface area (Å²) in [6, 6.07) is -0.268. The van der Waals surface area contributed by atoms with Crippen LogP contribution in [0.15, 0.2) is 5.38 Å². The summed E-state index contributed by atoms with van der Waals surface area (Å²) in [5, 5.41) is 5.49. The van der Waals surface area contributed by atoms with Gasteiger partial charge < -0.3 is 10.2 Å². The van der Waals surface area contributed by atoms with E-state index in [9.17, 15) is 9.59 Å². The van der Waals surface area contributed by atoms with E-state index in [0.29, 0.717) is 28.5 Å². The van der Waals surface area contributed by atoms with E-state index in [1.54, 1.807) is 16.7 Å². The van der Waals surface area contributed by atoms with Gasteiger partial charge in [-0.1, -0.05) is 27.7 Å². The molecule has 2 atom stereocenters. The summed E-state index contributed by atoms with van der Waals surface area (Å²) < 4.78 is 0. The van der Waals surface area contributed by atoms with E-state index in [2.05, 4.69) is 38.0 Å². The molecule has 2 heterocycles. The van der Waals surface area contributed by atoms with Crippen LogP contribution in [0.4, 0.5) is 0 Å². The van der Waals surface area contributed by atoms with E-state index in [1.165, 1.54) is 11.3 Å². The van der Waals surface area contributed by atoms with E-state index < -0.39 is 6.04 Å². The van der Waals surface area contributed by atoms with Gasteiger partial charge in [0.2, 0.25) is 5.91 Å². The highest BCUT2D eigenvalue weighted by molar-refractivity contribution is 7.99. The van der Waals surface area contributed by atoms with Crippen molar-refractivity contribution in [3.8, 4) is 0 Å². The van der Waals surface area contributed by atoms with Crippen molar-refractivity contribution in [1.82, 2.24) is 15.2 Å². The lowest BCUT2D eigenvalue weighted by Gasteiger charge is -2.24. The Bertz CT molecular complexity index is 601. The molecule has 0 radical (unpaired) electrons. The zero-order valence-corrected chi connectivity index (χ0v) is 17.4. The highest BCUT2D eigenvalue weighted by Crippen LogP contribution is 2.26. The first-order valence-electron chi connectivity index (χ1n) is 8.94. The molecule has 0 bridgehead atoms. The van der Waals surface area contributed by atoms with E-state index in [1.807, 2.05) is 12.3 Å². The maximum atomic E-state index is 12.8. The Morgan fingerprint density at radius 2 is 2.00 bits per heavy atom. The molecular formula is C18H29N3O2S2. The van der Waals surface area contributed by atoms with Crippen molar-refractivity contribution in [3.63, 3.8) is 0 Å². The molecule has 1 fully saturated rings. The molecule has 140 valence electrons. The van der Waals surface area contributed by atoms with E-state index >= 15 is 0 Å². The second-order valence-electron chi connectivity index (χ2n) is 7.40. The maximum absolute atomic E-state index is 12.8. The van der Waals surface area contributed by atoms with Crippen LogP contribution in [0.25, 0.3) is 0 Å². The molecule has 2 rings (SSSR count). The van der Waals surface area contributed by atoms with Crippen LogP contribution >= 0.6 is 23.1 Å². The van der Waals surface area contributed by atoms with Crippen LogP contribution in [0, 0.1) is 5.92 Å². The van der Waals surface area contributed by atoms with Crippen molar-refractivity contribution in [3.05, 3.63) is 16.1 Å². The van der Waals surface area contributed by atoms with Gasteiger partial charge in [0.15, 0.2) is 5.01 Å². The number of nitrogens with one attached hydrogen (secondary N) is 1. The fourth-order valence-electron chi connectivity index (χ4n) is 2.63. The Kier molecular flexibility index (Phi) is 7.31. The van der Waals surface area contributed by atoms with Gasteiger partial charge in [-0.2, -0.15) is 0 Å². The number of thioether (sulfide) groups is 1. The number of rotatable bonds is 7. The van der Waals surface area contributed by atoms with Crippen LogP contribution in [0.3, 0.4) is 0 Å². The molecule has 1 aliphatic heterocycles. The number of hydrogen-bond acceptors (Lipinski definition) is 5. The van der Waals surface area contributed by atoms with Gasteiger partial charge in [0.1, 0.15) is 6.04 Å². The molecule has 0 saturated carbocycles. The number of carbonyl (C=O) groups is 2. The van der Waals surface area contributed by atoms with E-state index in [4.69, 9.17) is 0 Å². The number of carbonyl (C=O) groups excluding carboxylic acids is 2. The number of hydrogen-bond donors (Lipinski definition) is 1. The molecule has 1 N–H and O–H groups in total. The molecule has 2 amide bonds. The molecule has 1 aliphatic rings. The highest BCUT2D eigenvalue weighted by atomic mass is 32.2.